The van der Waals surface area contributed by atoms with Gasteiger partial charge in [0.1, 0.15) is 14.7 Å². The van der Waals surface area contributed by atoms with Gasteiger partial charge < -0.3 is 10.2 Å². The van der Waals surface area contributed by atoms with Crippen molar-refractivity contribution in [3.63, 3.8) is 0 Å². The van der Waals surface area contributed by atoms with Gasteiger partial charge in [0.25, 0.3) is 10.0 Å². The summed E-state index contributed by atoms with van der Waals surface area (Å²) < 4.78 is 30.1. The Morgan fingerprint density at radius 3 is 2.48 bits per heavy atom. The van der Waals surface area contributed by atoms with Gasteiger partial charge in [-0.05, 0) is 37.5 Å². The molecule has 0 amide bonds. The molecule has 3 atom stereocenters. The molecule has 2 heterocycles. The first kappa shape index (κ1) is 21.7. The Labute approximate surface area is 184 Å². The Morgan fingerprint density at radius 2 is 1.90 bits per heavy atom. The average Bonchev–Trinajstić information content (AvgIpc) is 3.13. The van der Waals surface area contributed by atoms with E-state index in [9.17, 15) is 23.4 Å². The summed E-state index contributed by atoms with van der Waals surface area (Å²) in [6, 6.07) is 12.1. The standard InChI is InChI=1S/C21H23N3O5S2/c1-13-18(14-7-5-4-6-8-14)21(13,19(25)26)23-31(28,29)17-10-9-16(30-17)24-12-15(11-22-24)20(2,3)27/h4-13,18,23,27H,1-3H3,(H,25,26)/t13?,18-,21-/m0/s1. The summed E-state index contributed by atoms with van der Waals surface area (Å²) in [5.74, 6) is -2.06. The second-order valence-electron chi connectivity index (χ2n) is 8.28. The maximum Gasteiger partial charge on any atom is 0.325 e. The van der Waals surface area contributed by atoms with Crippen molar-refractivity contribution in [3.05, 3.63) is 66.0 Å². The monoisotopic (exact) mass is 461 g/mol. The Morgan fingerprint density at radius 1 is 1.23 bits per heavy atom. The molecular formula is C21H23N3O5S2. The molecule has 31 heavy (non-hydrogen) atoms. The van der Waals surface area contributed by atoms with Crippen molar-refractivity contribution >= 4 is 27.3 Å². The second-order valence-corrected chi connectivity index (χ2v) is 11.3. The molecule has 1 saturated carbocycles. The van der Waals surface area contributed by atoms with Gasteiger partial charge in [-0.1, -0.05) is 37.3 Å². The molecule has 164 valence electrons. The van der Waals surface area contributed by atoms with Crippen molar-refractivity contribution < 1.29 is 23.4 Å². The topological polar surface area (TPSA) is 122 Å². The normalized spacial score (nSPS) is 23.6. The predicted molar refractivity (Wildman–Crippen MR) is 116 cm³/mol. The van der Waals surface area contributed by atoms with Gasteiger partial charge in [-0.25, -0.2) is 13.1 Å². The molecule has 3 N–H and O–H groups in total. The van der Waals surface area contributed by atoms with E-state index < -0.39 is 39.0 Å². The molecule has 4 rings (SSSR count). The lowest BCUT2D eigenvalue weighted by Crippen LogP contribution is -2.45. The molecule has 0 saturated heterocycles. The van der Waals surface area contributed by atoms with E-state index in [1.54, 1.807) is 57.3 Å². The zero-order valence-electron chi connectivity index (χ0n) is 17.2. The molecule has 1 unspecified atom stereocenters. The largest absolute Gasteiger partial charge is 0.480 e. The Kier molecular flexibility index (Phi) is 5.08. The SMILES string of the molecule is CC1[C@@H](c2ccccc2)[C@]1(NS(=O)(=O)c1ccc(-n2cc(C(C)(C)O)cn2)s1)C(=O)O. The number of aliphatic hydroxyl groups is 1. The molecule has 1 aromatic carbocycles. The van der Waals surface area contributed by atoms with Crippen LogP contribution in [0.4, 0.5) is 0 Å². The minimum atomic E-state index is -4.09. The van der Waals surface area contributed by atoms with Crippen molar-refractivity contribution in [1.29, 1.82) is 0 Å². The maximum atomic E-state index is 13.1. The van der Waals surface area contributed by atoms with Crippen LogP contribution in [-0.2, 0) is 20.4 Å². The number of aromatic nitrogens is 2. The van der Waals surface area contributed by atoms with Gasteiger partial charge in [0.05, 0.1) is 11.8 Å². The number of nitrogens with zero attached hydrogens (tertiary/aromatic N) is 2. The first-order valence-electron chi connectivity index (χ1n) is 9.67. The molecule has 0 radical (unpaired) electrons. The quantitative estimate of drug-likeness (QED) is 0.497. The molecule has 1 aliphatic rings. The minimum absolute atomic E-state index is 0.00524. The molecule has 3 aromatic rings. The van der Waals surface area contributed by atoms with Crippen LogP contribution in [-0.4, -0.2) is 39.9 Å². The highest BCUT2D eigenvalue weighted by molar-refractivity contribution is 7.91. The van der Waals surface area contributed by atoms with Crippen LogP contribution < -0.4 is 4.72 Å². The minimum Gasteiger partial charge on any atom is -0.480 e. The third-order valence-electron chi connectivity index (χ3n) is 5.76. The molecule has 0 bridgehead atoms. The summed E-state index contributed by atoms with van der Waals surface area (Å²) in [5.41, 5.74) is -1.30. The number of carboxylic acid groups (broad SMARTS) is 1. The van der Waals surface area contributed by atoms with Crippen LogP contribution in [0.15, 0.2) is 59.1 Å². The van der Waals surface area contributed by atoms with Crippen LogP contribution in [0.2, 0.25) is 0 Å². The van der Waals surface area contributed by atoms with E-state index in [-0.39, 0.29) is 4.21 Å². The van der Waals surface area contributed by atoms with E-state index in [1.807, 2.05) is 6.07 Å². The van der Waals surface area contributed by atoms with E-state index in [4.69, 9.17) is 0 Å². The van der Waals surface area contributed by atoms with Gasteiger partial charge in [0, 0.05) is 17.7 Å². The highest BCUT2D eigenvalue weighted by Gasteiger charge is 2.70. The van der Waals surface area contributed by atoms with Crippen molar-refractivity contribution in [2.75, 3.05) is 0 Å². The number of carbonyl (C=O) groups is 1. The van der Waals surface area contributed by atoms with Crippen LogP contribution in [0.3, 0.4) is 0 Å². The summed E-state index contributed by atoms with van der Waals surface area (Å²) in [5, 5.41) is 24.7. The van der Waals surface area contributed by atoms with Crippen LogP contribution in [0.5, 0.6) is 0 Å². The second kappa shape index (κ2) is 7.27. The van der Waals surface area contributed by atoms with Crippen LogP contribution in [0.25, 0.3) is 5.00 Å². The van der Waals surface area contributed by atoms with E-state index in [0.29, 0.717) is 10.6 Å². The first-order valence-corrected chi connectivity index (χ1v) is 12.0. The number of hydrogen-bond acceptors (Lipinski definition) is 6. The third-order valence-corrected chi connectivity index (χ3v) is 8.81. The Bertz CT molecular complexity index is 1230. The van der Waals surface area contributed by atoms with Gasteiger partial charge in [-0.3, -0.25) is 4.79 Å². The van der Waals surface area contributed by atoms with E-state index in [2.05, 4.69) is 9.82 Å². The molecule has 8 nitrogen and oxygen atoms in total. The highest BCUT2D eigenvalue weighted by Crippen LogP contribution is 2.58. The van der Waals surface area contributed by atoms with Crippen LogP contribution in [0.1, 0.15) is 37.8 Å². The zero-order chi connectivity index (χ0) is 22.6. The van der Waals surface area contributed by atoms with Crippen LogP contribution >= 0.6 is 11.3 Å². The van der Waals surface area contributed by atoms with Crippen LogP contribution in [0, 0.1) is 5.92 Å². The summed E-state index contributed by atoms with van der Waals surface area (Å²) >= 11 is 0.971. The maximum absolute atomic E-state index is 13.1. The van der Waals surface area contributed by atoms with Gasteiger partial charge in [0.15, 0.2) is 0 Å². The fourth-order valence-electron chi connectivity index (χ4n) is 3.91. The number of nitrogens with one attached hydrogen (secondary N) is 1. The molecule has 2 aromatic heterocycles. The number of hydrogen-bond donors (Lipinski definition) is 3. The summed E-state index contributed by atoms with van der Waals surface area (Å²) in [7, 11) is -4.09. The number of rotatable bonds is 7. The van der Waals surface area contributed by atoms with E-state index in [0.717, 1.165) is 16.9 Å². The van der Waals surface area contributed by atoms with Crippen molar-refractivity contribution in [3.8, 4) is 5.00 Å². The van der Waals surface area contributed by atoms with Gasteiger partial charge >= 0.3 is 5.97 Å². The fourth-order valence-corrected chi connectivity index (χ4v) is 6.59. The molecule has 10 heteroatoms. The molecule has 1 fully saturated rings. The van der Waals surface area contributed by atoms with Crippen molar-refractivity contribution in [1.82, 2.24) is 14.5 Å². The fraction of sp³-hybridized carbons (Fsp3) is 0.333. The van der Waals surface area contributed by atoms with Crippen molar-refractivity contribution in [2.24, 2.45) is 5.92 Å². The lowest BCUT2D eigenvalue weighted by molar-refractivity contribution is -0.140. The number of carboxylic acids is 1. The zero-order valence-corrected chi connectivity index (χ0v) is 18.8. The molecular weight excluding hydrogens is 438 g/mol. The number of thiophene rings is 1. The highest BCUT2D eigenvalue weighted by atomic mass is 32.2. The Hall–Kier alpha value is -2.53. The third kappa shape index (κ3) is 3.69. The number of aliphatic carboxylic acids is 1. The lowest BCUT2D eigenvalue weighted by atomic mass is 10.0. The van der Waals surface area contributed by atoms with E-state index in [1.165, 1.54) is 16.9 Å². The lowest BCUT2D eigenvalue weighted by Gasteiger charge is -2.15. The number of sulfonamides is 1. The number of benzene rings is 1. The molecule has 0 spiro atoms. The van der Waals surface area contributed by atoms with E-state index >= 15 is 0 Å². The average molecular weight is 462 g/mol. The van der Waals surface area contributed by atoms with Gasteiger partial charge in [-0.2, -0.15) is 9.82 Å². The summed E-state index contributed by atoms with van der Waals surface area (Å²) in [4.78, 5) is 12.1. The van der Waals surface area contributed by atoms with Gasteiger partial charge in [0.2, 0.25) is 0 Å². The summed E-state index contributed by atoms with van der Waals surface area (Å²) in [6.07, 6.45) is 3.14. The molecule has 1 aliphatic carbocycles. The smallest absolute Gasteiger partial charge is 0.325 e. The van der Waals surface area contributed by atoms with Gasteiger partial charge in [-0.15, -0.1) is 11.3 Å². The van der Waals surface area contributed by atoms with Crippen molar-refractivity contribution in [2.45, 2.75) is 42.0 Å². The predicted octanol–water partition coefficient (Wildman–Crippen LogP) is 2.70. The Balaban J connectivity index is 1.62. The first-order chi connectivity index (χ1) is 14.5. The molecule has 0 aliphatic heterocycles. The summed E-state index contributed by atoms with van der Waals surface area (Å²) in [6.45, 7) is 5.00.